The topological polar surface area (TPSA) is 128 Å². The minimum Gasteiger partial charge on any atom is -0.350 e. The van der Waals surface area contributed by atoms with E-state index >= 15 is 0 Å². The summed E-state index contributed by atoms with van der Waals surface area (Å²) in [6.07, 6.45) is 0.507. The van der Waals surface area contributed by atoms with Crippen molar-refractivity contribution >= 4 is 15.9 Å². The van der Waals surface area contributed by atoms with Gasteiger partial charge in [0, 0.05) is 18.4 Å². The number of aryl methyl sites for hydroxylation is 1. The normalized spacial score (nSPS) is 12.7. The van der Waals surface area contributed by atoms with Crippen LogP contribution in [0, 0.1) is 0 Å². The lowest BCUT2D eigenvalue weighted by atomic mass is 10.0. The van der Waals surface area contributed by atoms with Crippen LogP contribution in [0.25, 0.3) is 11.4 Å². The van der Waals surface area contributed by atoms with Crippen molar-refractivity contribution in [3.63, 3.8) is 0 Å². The third-order valence-electron chi connectivity index (χ3n) is 4.96. The molecule has 0 bridgehead atoms. The Balaban J connectivity index is 1.54. The molecule has 0 saturated carbocycles. The third-order valence-corrected chi connectivity index (χ3v) is 5.88. The lowest BCUT2D eigenvalue weighted by molar-refractivity contribution is -0.121. The Bertz CT molecular complexity index is 1140. The predicted molar refractivity (Wildman–Crippen MR) is 117 cm³/mol. The van der Waals surface area contributed by atoms with Gasteiger partial charge in [0.05, 0.1) is 10.9 Å². The Labute approximate surface area is 181 Å². The predicted octanol–water partition coefficient (Wildman–Crippen LogP) is 3.32. The molecule has 0 radical (unpaired) electrons. The number of carbonyl (C=O) groups is 1. The Morgan fingerprint density at radius 3 is 2.23 bits per heavy atom. The van der Waals surface area contributed by atoms with Crippen molar-refractivity contribution in [2.75, 3.05) is 0 Å². The second-order valence-electron chi connectivity index (χ2n) is 7.69. The highest BCUT2D eigenvalue weighted by molar-refractivity contribution is 7.89. The van der Waals surface area contributed by atoms with Crippen molar-refractivity contribution in [1.82, 2.24) is 15.5 Å². The third kappa shape index (κ3) is 5.99. The van der Waals surface area contributed by atoms with E-state index in [0.29, 0.717) is 24.1 Å². The Hall–Kier alpha value is -3.04. The number of hydrogen-bond acceptors (Lipinski definition) is 6. The maximum atomic E-state index is 12.3. The van der Waals surface area contributed by atoms with Crippen LogP contribution < -0.4 is 10.5 Å². The lowest BCUT2D eigenvalue weighted by Crippen LogP contribution is -2.26. The molecule has 0 spiro atoms. The van der Waals surface area contributed by atoms with Gasteiger partial charge in [-0.1, -0.05) is 55.4 Å². The minimum absolute atomic E-state index is 0.0285. The van der Waals surface area contributed by atoms with Gasteiger partial charge in [0.1, 0.15) is 0 Å². The molecule has 1 amide bonds. The standard InChI is InChI=1S/C22H26N4O4S/c1-14(2)16-4-6-18(7-5-16)22-25-21(30-26-22)13-12-20(27)24-15(3)17-8-10-19(11-9-17)31(23,28)29/h4-11,14-15H,12-13H2,1-3H3,(H,24,27)(H2,23,28,29). The van der Waals surface area contributed by atoms with Crippen LogP contribution in [-0.4, -0.2) is 24.5 Å². The molecule has 3 N–H and O–H groups in total. The summed E-state index contributed by atoms with van der Waals surface area (Å²) in [7, 11) is -3.74. The summed E-state index contributed by atoms with van der Waals surface area (Å²) in [5, 5.41) is 12.0. The molecule has 1 heterocycles. The van der Waals surface area contributed by atoms with Gasteiger partial charge in [-0.3, -0.25) is 4.79 Å². The summed E-state index contributed by atoms with van der Waals surface area (Å²) in [6, 6.07) is 13.8. The van der Waals surface area contributed by atoms with Crippen LogP contribution in [0.2, 0.25) is 0 Å². The first kappa shape index (κ1) is 22.6. The van der Waals surface area contributed by atoms with Crippen molar-refractivity contribution in [2.45, 2.75) is 50.5 Å². The number of benzene rings is 2. The first-order chi connectivity index (χ1) is 14.6. The molecule has 3 aromatic rings. The maximum absolute atomic E-state index is 12.3. The van der Waals surface area contributed by atoms with Crippen LogP contribution in [0.3, 0.4) is 0 Å². The summed E-state index contributed by atoms with van der Waals surface area (Å²) in [5.74, 6) is 1.16. The van der Waals surface area contributed by atoms with Crippen molar-refractivity contribution in [3.05, 3.63) is 65.5 Å². The average molecular weight is 443 g/mol. The molecule has 9 heteroatoms. The maximum Gasteiger partial charge on any atom is 0.238 e. The largest absolute Gasteiger partial charge is 0.350 e. The van der Waals surface area contributed by atoms with Gasteiger partial charge in [-0.15, -0.1) is 0 Å². The van der Waals surface area contributed by atoms with E-state index in [9.17, 15) is 13.2 Å². The van der Waals surface area contributed by atoms with E-state index in [1.165, 1.54) is 17.7 Å². The minimum atomic E-state index is -3.74. The number of rotatable bonds is 8. The van der Waals surface area contributed by atoms with Crippen molar-refractivity contribution in [3.8, 4) is 11.4 Å². The first-order valence-electron chi connectivity index (χ1n) is 9.98. The molecular formula is C22H26N4O4S. The Kier molecular flexibility index (Phi) is 6.87. The zero-order valence-corrected chi connectivity index (χ0v) is 18.5. The average Bonchev–Trinajstić information content (AvgIpc) is 3.21. The van der Waals surface area contributed by atoms with Crippen LogP contribution in [0.4, 0.5) is 0 Å². The zero-order chi connectivity index (χ0) is 22.6. The van der Waals surface area contributed by atoms with E-state index in [0.717, 1.165) is 11.1 Å². The van der Waals surface area contributed by atoms with Crippen LogP contribution in [0.15, 0.2) is 57.9 Å². The number of hydrogen-bond donors (Lipinski definition) is 2. The van der Waals surface area contributed by atoms with E-state index in [2.05, 4.69) is 29.3 Å². The van der Waals surface area contributed by atoms with Crippen LogP contribution in [0.5, 0.6) is 0 Å². The number of nitrogens with zero attached hydrogens (tertiary/aromatic N) is 2. The van der Waals surface area contributed by atoms with E-state index in [-0.39, 0.29) is 23.3 Å². The summed E-state index contributed by atoms with van der Waals surface area (Å²) in [6.45, 7) is 6.08. The summed E-state index contributed by atoms with van der Waals surface area (Å²) < 4.78 is 27.9. The lowest BCUT2D eigenvalue weighted by Gasteiger charge is -2.14. The molecule has 164 valence electrons. The molecule has 1 atom stereocenters. The number of nitrogens with two attached hydrogens (primary N) is 1. The molecule has 3 rings (SSSR count). The second-order valence-corrected chi connectivity index (χ2v) is 9.25. The van der Waals surface area contributed by atoms with Gasteiger partial charge in [-0.05, 0) is 36.1 Å². The summed E-state index contributed by atoms with van der Waals surface area (Å²) >= 11 is 0. The zero-order valence-electron chi connectivity index (χ0n) is 17.7. The summed E-state index contributed by atoms with van der Waals surface area (Å²) in [4.78, 5) is 16.7. The van der Waals surface area contributed by atoms with E-state index < -0.39 is 10.0 Å². The highest BCUT2D eigenvalue weighted by Crippen LogP contribution is 2.21. The van der Waals surface area contributed by atoms with Gasteiger partial charge in [-0.2, -0.15) is 4.98 Å². The number of nitrogens with one attached hydrogen (secondary N) is 1. The molecule has 0 saturated heterocycles. The molecule has 0 fully saturated rings. The molecule has 2 aromatic carbocycles. The smallest absolute Gasteiger partial charge is 0.238 e. The number of aromatic nitrogens is 2. The van der Waals surface area contributed by atoms with Gasteiger partial charge in [0.2, 0.25) is 27.6 Å². The van der Waals surface area contributed by atoms with Crippen molar-refractivity contribution in [1.29, 1.82) is 0 Å². The Morgan fingerprint density at radius 2 is 1.65 bits per heavy atom. The van der Waals surface area contributed by atoms with Crippen LogP contribution >= 0.6 is 0 Å². The molecule has 0 aliphatic rings. The highest BCUT2D eigenvalue weighted by atomic mass is 32.2. The fourth-order valence-electron chi connectivity index (χ4n) is 3.05. The fraction of sp³-hybridized carbons (Fsp3) is 0.318. The SMILES string of the molecule is CC(C)c1ccc(-c2noc(CCC(=O)NC(C)c3ccc(S(N)(=O)=O)cc3)n2)cc1. The van der Waals surface area contributed by atoms with E-state index in [4.69, 9.17) is 9.66 Å². The molecule has 31 heavy (non-hydrogen) atoms. The number of amides is 1. The highest BCUT2D eigenvalue weighted by Gasteiger charge is 2.14. The second kappa shape index (κ2) is 9.40. The first-order valence-corrected chi connectivity index (χ1v) is 11.5. The number of carbonyl (C=O) groups excluding carboxylic acids is 1. The van der Waals surface area contributed by atoms with E-state index in [1.54, 1.807) is 12.1 Å². The van der Waals surface area contributed by atoms with Crippen LogP contribution in [0.1, 0.15) is 56.2 Å². The van der Waals surface area contributed by atoms with Gasteiger partial charge >= 0.3 is 0 Å². The number of primary sulfonamides is 1. The summed E-state index contributed by atoms with van der Waals surface area (Å²) in [5.41, 5.74) is 2.86. The van der Waals surface area contributed by atoms with Crippen molar-refractivity contribution < 1.29 is 17.7 Å². The van der Waals surface area contributed by atoms with E-state index in [1.807, 2.05) is 31.2 Å². The monoisotopic (exact) mass is 442 g/mol. The number of sulfonamides is 1. The molecule has 0 aliphatic heterocycles. The Morgan fingerprint density at radius 1 is 1.03 bits per heavy atom. The van der Waals surface area contributed by atoms with Crippen LogP contribution in [-0.2, 0) is 21.2 Å². The van der Waals surface area contributed by atoms with Gasteiger partial charge in [-0.25, -0.2) is 13.6 Å². The van der Waals surface area contributed by atoms with Gasteiger partial charge in [0.15, 0.2) is 0 Å². The fourth-order valence-corrected chi connectivity index (χ4v) is 3.57. The molecule has 1 aromatic heterocycles. The van der Waals surface area contributed by atoms with Gasteiger partial charge in [0.25, 0.3) is 0 Å². The quantitative estimate of drug-likeness (QED) is 0.551. The van der Waals surface area contributed by atoms with Crippen molar-refractivity contribution in [2.24, 2.45) is 5.14 Å². The van der Waals surface area contributed by atoms with Gasteiger partial charge < -0.3 is 9.84 Å². The molecular weight excluding hydrogens is 416 g/mol. The molecule has 1 unspecified atom stereocenters. The molecule has 8 nitrogen and oxygen atoms in total. The molecule has 0 aliphatic carbocycles.